The van der Waals surface area contributed by atoms with Crippen LogP contribution in [-0.2, 0) is 20.9 Å². The van der Waals surface area contributed by atoms with Crippen molar-refractivity contribution in [3.63, 3.8) is 0 Å². The number of hydrogen-bond donors (Lipinski definition) is 2. The van der Waals surface area contributed by atoms with Crippen molar-refractivity contribution in [1.82, 2.24) is 20.0 Å². The number of carbonyl (C=O) groups excluding carboxylic acids is 4. The van der Waals surface area contributed by atoms with Crippen LogP contribution in [0.25, 0.3) is 0 Å². The molecule has 5 fully saturated rings. The lowest BCUT2D eigenvalue weighted by molar-refractivity contribution is -0.141. The van der Waals surface area contributed by atoms with Crippen LogP contribution in [0, 0.1) is 23.0 Å². The fraction of sp³-hybridized carbons (Fsp3) is 0.551. The van der Waals surface area contributed by atoms with E-state index in [1.807, 2.05) is 30.9 Å². The molecule has 4 amide bonds. The Morgan fingerprint density at radius 1 is 0.815 bits per heavy atom. The number of halogens is 3. The Balaban J connectivity index is 0.752. The second-order valence-electron chi connectivity index (χ2n) is 19.0. The SMILES string of the molecule is CCC1(CC)C(=O)N(c2cccc(F)c2O)[C@H]1c1cc(F)c(N2CCC(F)(CN3CCN(CC4CCN(c5ccc6c(c5)CN([C@H]5CCC(=O)NC5=O)C6=O)CC4)CC3)CC2)cc1OC. The highest BCUT2D eigenvalue weighted by Gasteiger charge is 2.61. The molecule has 16 heteroatoms. The Kier molecular flexibility index (Phi) is 12.3. The van der Waals surface area contributed by atoms with Gasteiger partial charge >= 0.3 is 0 Å². The highest BCUT2D eigenvalue weighted by molar-refractivity contribution is 6.08. The number of piperidine rings is 3. The molecule has 5 saturated heterocycles. The van der Waals surface area contributed by atoms with Gasteiger partial charge in [-0.05, 0) is 80.0 Å². The molecule has 0 radical (unpaired) electrons. The molecule has 9 rings (SSSR count). The second-order valence-corrected chi connectivity index (χ2v) is 19.0. The van der Waals surface area contributed by atoms with Crippen molar-refractivity contribution >= 4 is 40.7 Å². The lowest BCUT2D eigenvalue weighted by atomic mass is 9.64. The van der Waals surface area contributed by atoms with Gasteiger partial charge in [0.2, 0.25) is 17.7 Å². The van der Waals surface area contributed by atoms with Crippen LogP contribution in [0.3, 0.4) is 0 Å². The number of methoxy groups -OCH3 is 1. The maximum absolute atomic E-state index is 16.5. The average molecular weight is 900 g/mol. The number of fused-ring (bicyclic) bond motifs is 1. The smallest absolute Gasteiger partial charge is 0.255 e. The third-order valence-electron chi connectivity index (χ3n) is 15.5. The van der Waals surface area contributed by atoms with Crippen molar-refractivity contribution in [1.29, 1.82) is 0 Å². The van der Waals surface area contributed by atoms with E-state index in [1.54, 1.807) is 11.0 Å². The number of nitrogens with one attached hydrogen (secondary N) is 1. The molecular weight excluding hydrogens is 840 g/mol. The lowest BCUT2D eigenvalue weighted by Gasteiger charge is -2.56. The average Bonchev–Trinajstić information content (AvgIpc) is 3.63. The normalized spacial score (nSPS) is 24.0. The van der Waals surface area contributed by atoms with Gasteiger partial charge in [-0.2, -0.15) is 0 Å². The number of para-hydroxylation sites is 1. The summed E-state index contributed by atoms with van der Waals surface area (Å²) in [6.45, 7) is 11.3. The molecule has 65 heavy (non-hydrogen) atoms. The van der Waals surface area contributed by atoms with E-state index in [9.17, 15) is 28.7 Å². The van der Waals surface area contributed by atoms with Gasteiger partial charge in [0.1, 0.15) is 23.3 Å². The number of carbonyl (C=O) groups is 4. The van der Waals surface area contributed by atoms with Crippen LogP contribution in [-0.4, -0.2) is 128 Å². The molecule has 13 nitrogen and oxygen atoms in total. The summed E-state index contributed by atoms with van der Waals surface area (Å²) in [5.74, 6) is -2.22. The third-order valence-corrected chi connectivity index (χ3v) is 15.5. The number of hydrogen-bond acceptors (Lipinski definition) is 10. The van der Waals surface area contributed by atoms with Gasteiger partial charge < -0.3 is 29.4 Å². The van der Waals surface area contributed by atoms with Crippen molar-refractivity contribution < 1.29 is 42.2 Å². The van der Waals surface area contributed by atoms with Crippen LogP contribution < -0.4 is 24.8 Å². The standard InChI is InChI=1S/C49H60F3N7O6/c1-4-49(5-2)44(59(47(49)64)38-8-6-7-36(50)43(38)61)35-26-37(51)40(27-41(35)65-3)57-19-15-48(52,16-20-57)30-55-23-21-54(22-24-55)28-31-13-17-56(18-14-31)33-9-10-34-32(25-33)29-58(46(34)63)39-11-12-42(60)53-45(39)62/h6-10,25-27,31,39,44,61H,4-5,11-24,28-30H2,1-3H3,(H,53,60,62)/t39-,44-/m0/s1. The minimum Gasteiger partial charge on any atom is -0.503 e. The van der Waals surface area contributed by atoms with Gasteiger partial charge in [-0.25, -0.2) is 13.2 Å². The number of β-lactam (4-membered cyclic amide) rings is 1. The molecule has 3 aromatic carbocycles. The highest BCUT2D eigenvalue weighted by atomic mass is 19.1. The number of imide groups is 1. The predicted molar refractivity (Wildman–Crippen MR) is 240 cm³/mol. The van der Waals surface area contributed by atoms with Crippen LogP contribution in [0.2, 0.25) is 0 Å². The summed E-state index contributed by atoms with van der Waals surface area (Å²) in [7, 11) is 1.49. The zero-order chi connectivity index (χ0) is 45.8. The molecule has 2 atom stereocenters. The maximum Gasteiger partial charge on any atom is 0.255 e. The van der Waals surface area contributed by atoms with Crippen LogP contribution >= 0.6 is 0 Å². The van der Waals surface area contributed by atoms with Gasteiger partial charge in [-0.3, -0.25) is 34.3 Å². The largest absolute Gasteiger partial charge is 0.503 e. The van der Waals surface area contributed by atoms with Crippen LogP contribution in [0.5, 0.6) is 11.5 Å². The van der Waals surface area contributed by atoms with Gasteiger partial charge in [0, 0.05) is 114 Å². The topological polar surface area (TPSA) is 129 Å². The summed E-state index contributed by atoms with van der Waals surface area (Å²) in [5, 5.41) is 13.0. The summed E-state index contributed by atoms with van der Waals surface area (Å²) in [6, 6.07) is 11.6. The number of phenolic OH excluding ortho intramolecular Hbond substituents is 1. The summed E-state index contributed by atoms with van der Waals surface area (Å²) in [6.07, 6.45) is 4.09. The third kappa shape index (κ3) is 8.18. The number of nitrogens with zero attached hydrogens (tertiary/aromatic N) is 6. The number of phenols is 1. The first-order chi connectivity index (χ1) is 31.3. The molecule has 2 N–H and O–H groups in total. The molecule has 0 spiro atoms. The number of alkyl halides is 1. The van der Waals surface area contributed by atoms with Crippen molar-refractivity contribution in [3.8, 4) is 11.5 Å². The number of rotatable bonds is 12. The Bertz CT molecular complexity index is 2340. The van der Waals surface area contributed by atoms with E-state index in [1.165, 1.54) is 30.2 Å². The predicted octanol–water partition coefficient (Wildman–Crippen LogP) is 6.18. The molecule has 6 aliphatic rings. The first-order valence-corrected chi connectivity index (χ1v) is 23.4. The zero-order valence-electron chi connectivity index (χ0n) is 37.6. The molecular formula is C49H60F3N7O6. The van der Waals surface area contributed by atoms with Crippen molar-refractivity contribution in [2.24, 2.45) is 11.3 Å². The van der Waals surface area contributed by atoms with Gasteiger partial charge in [0.25, 0.3) is 5.91 Å². The molecule has 3 aromatic rings. The maximum atomic E-state index is 16.5. The monoisotopic (exact) mass is 899 g/mol. The summed E-state index contributed by atoms with van der Waals surface area (Å²) < 4.78 is 53.1. The number of aromatic hydroxyl groups is 1. The van der Waals surface area contributed by atoms with Crippen molar-refractivity contribution in [2.45, 2.75) is 89.5 Å². The summed E-state index contributed by atoms with van der Waals surface area (Å²) in [5.41, 5.74) is 1.08. The lowest BCUT2D eigenvalue weighted by Crippen LogP contribution is -2.63. The molecule has 0 aliphatic carbocycles. The molecule has 6 aliphatic heterocycles. The summed E-state index contributed by atoms with van der Waals surface area (Å²) in [4.78, 5) is 62.9. The molecule has 0 bridgehead atoms. The van der Waals surface area contributed by atoms with Crippen LogP contribution in [0.1, 0.15) is 92.7 Å². The van der Waals surface area contributed by atoms with Crippen LogP contribution in [0.15, 0.2) is 48.5 Å². The van der Waals surface area contributed by atoms with Gasteiger partial charge in [-0.15, -0.1) is 0 Å². The molecule has 0 aromatic heterocycles. The van der Waals surface area contributed by atoms with E-state index in [2.05, 4.69) is 26.1 Å². The second kappa shape index (κ2) is 17.8. The Labute approximate surface area is 378 Å². The fourth-order valence-corrected chi connectivity index (χ4v) is 11.5. The molecule has 0 unspecified atom stereocenters. The fourth-order valence-electron chi connectivity index (χ4n) is 11.5. The van der Waals surface area contributed by atoms with E-state index < -0.39 is 46.5 Å². The molecule has 348 valence electrons. The van der Waals surface area contributed by atoms with Gasteiger partial charge in [0.15, 0.2) is 11.6 Å². The van der Waals surface area contributed by atoms with Gasteiger partial charge in [0.05, 0.1) is 29.9 Å². The van der Waals surface area contributed by atoms with E-state index >= 15 is 8.78 Å². The quantitative estimate of drug-likeness (QED) is 0.161. The first kappa shape index (κ1) is 44.8. The van der Waals surface area contributed by atoms with E-state index in [-0.39, 0.29) is 42.7 Å². The van der Waals surface area contributed by atoms with E-state index in [4.69, 9.17) is 4.74 Å². The zero-order valence-corrected chi connectivity index (χ0v) is 37.6. The number of amides is 4. The minimum absolute atomic E-state index is 0.0238. The van der Waals surface area contributed by atoms with E-state index in [0.29, 0.717) is 73.9 Å². The minimum atomic E-state index is -1.40. The first-order valence-electron chi connectivity index (χ1n) is 23.4. The molecule has 6 heterocycles. The highest BCUT2D eigenvalue weighted by Crippen LogP contribution is 2.59. The van der Waals surface area contributed by atoms with Crippen molar-refractivity contribution in [3.05, 3.63) is 76.9 Å². The Morgan fingerprint density at radius 2 is 1.52 bits per heavy atom. The number of piperazine rings is 1. The van der Waals surface area contributed by atoms with E-state index in [0.717, 1.165) is 76.0 Å². The Hall–Kier alpha value is -5.35. The molecule has 0 saturated carbocycles. The Morgan fingerprint density at radius 3 is 2.20 bits per heavy atom. The number of anilines is 3. The van der Waals surface area contributed by atoms with Gasteiger partial charge in [-0.1, -0.05) is 19.9 Å². The van der Waals surface area contributed by atoms with Crippen LogP contribution in [0.4, 0.5) is 30.2 Å². The number of benzene rings is 3. The van der Waals surface area contributed by atoms with Crippen molar-refractivity contribution in [2.75, 3.05) is 87.3 Å². The number of ether oxygens (including phenoxy) is 1. The summed E-state index contributed by atoms with van der Waals surface area (Å²) >= 11 is 0.